The highest BCUT2D eigenvalue weighted by molar-refractivity contribution is 6.05. The number of pyridine rings is 3. The molecule has 2 N–H and O–H groups in total. The van der Waals surface area contributed by atoms with Gasteiger partial charge in [0.2, 0.25) is 5.43 Å². The van der Waals surface area contributed by atoms with Crippen LogP contribution >= 0.6 is 0 Å². The number of hydrogen-bond acceptors (Lipinski definition) is 7. The molecule has 0 saturated heterocycles. The lowest BCUT2D eigenvalue weighted by atomic mass is 9.96. The summed E-state index contributed by atoms with van der Waals surface area (Å²) in [5.74, 6) is -1.28. The number of halogens is 2. The number of carbonyl (C=O) groups excluding carboxylic acids is 1. The number of fused-ring (bicyclic) bond motifs is 1. The number of nitrogens with one attached hydrogen (secondary N) is 2. The molecule has 0 spiro atoms. The second-order valence-electron chi connectivity index (χ2n) is 9.66. The van der Waals surface area contributed by atoms with Crippen molar-refractivity contribution in [2.75, 3.05) is 19.0 Å². The van der Waals surface area contributed by atoms with Crippen molar-refractivity contribution in [1.29, 1.82) is 0 Å². The molecule has 0 aliphatic heterocycles. The highest BCUT2D eigenvalue weighted by Gasteiger charge is 2.23. The monoisotopic (exact) mass is 586 g/mol. The van der Waals surface area contributed by atoms with E-state index in [-0.39, 0.29) is 40.6 Å². The molecule has 5 aromatic rings. The van der Waals surface area contributed by atoms with Gasteiger partial charge in [0.05, 0.1) is 31.1 Å². The van der Waals surface area contributed by atoms with E-state index in [1.165, 1.54) is 49.8 Å². The Labute approximate surface area is 245 Å². The Hall–Kier alpha value is -5.16. The first kappa shape index (κ1) is 29.3. The van der Waals surface area contributed by atoms with Crippen LogP contribution in [0.4, 0.5) is 14.5 Å². The largest absolute Gasteiger partial charge is 0.495 e. The minimum absolute atomic E-state index is 0.0288. The number of aromatic amines is 1. The Balaban J connectivity index is 1.46. The lowest BCUT2D eigenvalue weighted by molar-refractivity contribution is 0.101. The average molecular weight is 587 g/mol. The summed E-state index contributed by atoms with van der Waals surface area (Å²) in [6, 6.07) is 11.2. The normalized spacial score (nSPS) is 11.0. The van der Waals surface area contributed by atoms with Crippen molar-refractivity contribution >= 4 is 22.6 Å². The van der Waals surface area contributed by atoms with Crippen LogP contribution in [-0.2, 0) is 11.3 Å². The molecule has 0 aliphatic carbocycles. The van der Waals surface area contributed by atoms with Crippen molar-refractivity contribution in [3.8, 4) is 28.4 Å². The van der Waals surface area contributed by atoms with Crippen molar-refractivity contribution in [2.24, 2.45) is 0 Å². The van der Waals surface area contributed by atoms with Crippen LogP contribution < -0.4 is 20.2 Å². The fourth-order valence-corrected chi connectivity index (χ4v) is 4.72. The maximum atomic E-state index is 15.2. The number of aryl methyl sites for hydroxylation is 2. The standard InChI is InChI=1S/C32H28F2N4O5/c1-5-42-16-25-29(31(39)28(18(3)37-25)22-8-6-19(33)12-17(22)2)32(40)38-20-7-9-26(23(34)13-20)43-27-10-11-35-24-14-21(41-4)15-36-30(24)27/h6-15H,5,16H2,1-4H3,(H,37,39)(H,38,40). The third-order valence-electron chi connectivity index (χ3n) is 6.77. The van der Waals surface area contributed by atoms with Crippen LogP contribution in [0.15, 0.2) is 65.7 Å². The van der Waals surface area contributed by atoms with E-state index in [1.807, 2.05) is 0 Å². The van der Waals surface area contributed by atoms with Gasteiger partial charge in [-0.1, -0.05) is 6.07 Å². The van der Waals surface area contributed by atoms with Gasteiger partial charge in [0.1, 0.15) is 22.6 Å². The molecule has 0 fully saturated rings. The first-order chi connectivity index (χ1) is 20.7. The van der Waals surface area contributed by atoms with Crippen molar-refractivity contribution < 1.29 is 27.8 Å². The Morgan fingerprint density at radius 3 is 2.56 bits per heavy atom. The Morgan fingerprint density at radius 1 is 1.02 bits per heavy atom. The van der Waals surface area contributed by atoms with E-state index >= 15 is 4.39 Å². The lowest BCUT2D eigenvalue weighted by Crippen LogP contribution is -2.27. The summed E-state index contributed by atoms with van der Waals surface area (Å²) in [5.41, 5.74) is 2.26. The molecule has 0 saturated carbocycles. The molecule has 0 radical (unpaired) electrons. The summed E-state index contributed by atoms with van der Waals surface area (Å²) in [7, 11) is 1.51. The zero-order valence-electron chi connectivity index (χ0n) is 23.9. The van der Waals surface area contributed by atoms with Crippen molar-refractivity contribution in [3.05, 3.63) is 105 Å². The minimum atomic E-state index is -0.761. The molecule has 1 amide bonds. The number of anilines is 1. The van der Waals surface area contributed by atoms with Gasteiger partial charge in [0.15, 0.2) is 17.3 Å². The van der Waals surface area contributed by atoms with Gasteiger partial charge in [-0.25, -0.2) is 13.8 Å². The molecule has 11 heteroatoms. The van der Waals surface area contributed by atoms with Gasteiger partial charge in [0.25, 0.3) is 5.91 Å². The summed E-state index contributed by atoms with van der Waals surface area (Å²) in [5, 5.41) is 2.61. The fourth-order valence-electron chi connectivity index (χ4n) is 4.72. The van der Waals surface area contributed by atoms with Gasteiger partial charge in [-0.2, -0.15) is 0 Å². The molecule has 0 aliphatic rings. The zero-order valence-corrected chi connectivity index (χ0v) is 23.9. The topological polar surface area (TPSA) is 115 Å². The number of carbonyl (C=O) groups is 1. The van der Waals surface area contributed by atoms with Crippen LogP contribution in [-0.4, -0.2) is 34.6 Å². The molecule has 43 heavy (non-hydrogen) atoms. The van der Waals surface area contributed by atoms with E-state index in [0.29, 0.717) is 40.2 Å². The zero-order chi connectivity index (χ0) is 30.7. The van der Waals surface area contributed by atoms with E-state index in [9.17, 15) is 14.0 Å². The number of hydrogen-bond donors (Lipinski definition) is 2. The predicted molar refractivity (Wildman–Crippen MR) is 158 cm³/mol. The van der Waals surface area contributed by atoms with Crippen molar-refractivity contribution in [3.63, 3.8) is 0 Å². The van der Waals surface area contributed by atoms with E-state index in [2.05, 4.69) is 20.3 Å². The van der Waals surface area contributed by atoms with Crippen LogP contribution in [0.3, 0.4) is 0 Å². The Bertz CT molecular complexity index is 1910. The first-order valence-electron chi connectivity index (χ1n) is 13.4. The molecule has 9 nitrogen and oxygen atoms in total. The molecule has 3 heterocycles. The molecule has 3 aromatic heterocycles. The fraction of sp³-hybridized carbons (Fsp3) is 0.188. The quantitative estimate of drug-likeness (QED) is 0.203. The molecule has 0 bridgehead atoms. The van der Waals surface area contributed by atoms with Crippen LogP contribution in [0, 0.1) is 25.5 Å². The summed E-state index contributed by atoms with van der Waals surface area (Å²) < 4.78 is 45.4. The maximum Gasteiger partial charge on any atom is 0.261 e. The van der Waals surface area contributed by atoms with Crippen molar-refractivity contribution in [2.45, 2.75) is 27.4 Å². The van der Waals surface area contributed by atoms with Gasteiger partial charge in [-0.3, -0.25) is 14.6 Å². The number of ether oxygens (including phenoxy) is 3. The highest BCUT2D eigenvalue weighted by Crippen LogP contribution is 2.32. The second kappa shape index (κ2) is 12.4. The molecule has 0 unspecified atom stereocenters. The summed E-state index contributed by atoms with van der Waals surface area (Å²) in [4.78, 5) is 38.9. The summed E-state index contributed by atoms with van der Waals surface area (Å²) in [6.45, 7) is 5.49. The van der Waals surface area contributed by atoms with E-state index in [0.717, 1.165) is 6.07 Å². The summed E-state index contributed by atoms with van der Waals surface area (Å²) in [6.07, 6.45) is 3.01. The number of methoxy groups -OCH3 is 1. The number of nitrogens with zero attached hydrogens (tertiary/aromatic N) is 2. The molecular weight excluding hydrogens is 558 g/mol. The van der Waals surface area contributed by atoms with Gasteiger partial charge in [-0.05, 0) is 56.2 Å². The van der Waals surface area contributed by atoms with Crippen LogP contribution in [0.25, 0.3) is 22.2 Å². The number of benzene rings is 2. The van der Waals surface area contributed by atoms with Gasteiger partial charge >= 0.3 is 0 Å². The molecular formula is C32H28F2N4O5. The second-order valence-corrected chi connectivity index (χ2v) is 9.66. The first-order valence-corrected chi connectivity index (χ1v) is 13.4. The molecule has 220 valence electrons. The summed E-state index contributed by atoms with van der Waals surface area (Å²) >= 11 is 0. The van der Waals surface area contributed by atoms with Crippen LogP contribution in [0.1, 0.15) is 34.2 Å². The van der Waals surface area contributed by atoms with E-state index in [1.54, 1.807) is 32.9 Å². The number of amides is 1. The predicted octanol–water partition coefficient (Wildman–Crippen LogP) is 6.47. The van der Waals surface area contributed by atoms with Crippen LogP contribution in [0.2, 0.25) is 0 Å². The molecule has 2 aromatic carbocycles. The number of H-pyrrole nitrogens is 1. The number of aromatic nitrogens is 3. The third-order valence-corrected chi connectivity index (χ3v) is 6.77. The minimum Gasteiger partial charge on any atom is -0.495 e. The molecule has 5 rings (SSSR count). The number of rotatable bonds is 9. The Kier molecular flexibility index (Phi) is 8.44. The Morgan fingerprint density at radius 2 is 1.84 bits per heavy atom. The average Bonchev–Trinajstić information content (AvgIpc) is 2.98. The third kappa shape index (κ3) is 6.07. The smallest absolute Gasteiger partial charge is 0.261 e. The highest BCUT2D eigenvalue weighted by atomic mass is 19.1. The molecule has 0 atom stereocenters. The van der Waals surface area contributed by atoms with Crippen LogP contribution in [0.5, 0.6) is 17.2 Å². The van der Waals surface area contributed by atoms with Gasteiger partial charge in [-0.15, -0.1) is 0 Å². The van der Waals surface area contributed by atoms with Gasteiger partial charge in [0, 0.05) is 47.9 Å². The SMILES string of the molecule is CCOCc1[nH]c(C)c(-c2ccc(F)cc2C)c(=O)c1C(=O)Nc1ccc(Oc2ccnc3cc(OC)cnc23)c(F)c1. The lowest BCUT2D eigenvalue weighted by Gasteiger charge is -2.16. The van der Waals surface area contributed by atoms with Crippen molar-refractivity contribution in [1.82, 2.24) is 15.0 Å². The van der Waals surface area contributed by atoms with E-state index in [4.69, 9.17) is 14.2 Å². The van der Waals surface area contributed by atoms with Gasteiger partial charge < -0.3 is 24.5 Å². The maximum absolute atomic E-state index is 15.2. The van der Waals surface area contributed by atoms with E-state index < -0.39 is 23.0 Å².